The highest BCUT2D eigenvalue weighted by Crippen LogP contribution is 2.39. The van der Waals surface area contributed by atoms with Crippen molar-refractivity contribution in [2.24, 2.45) is 0 Å². The van der Waals surface area contributed by atoms with E-state index in [-0.39, 0.29) is 24.6 Å². The number of ether oxygens (including phenoxy) is 1. The number of rotatable bonds is 5. The number of amides is 3. The zero-order valence-electron chi connectivity index (χ0n) is 18.6. The molecule has 0 unspecified atom stereocenters. The van der Waals surface area contributed by atoms with E-state index in [1.54, 1.807) is 47.6 Å². The van der Waals surface area contributed by atoms with Gasteiger partial charge >= 0.3 is 0 Å². The highest BCUT2D eigenvalue weighted by Gasteiger charge is 2.53. The van der Waals surface area contributed by atoms with Gasteiger partial charge in [-0.1, -0.05) is 6.07 Å². The van der Waals surface area contributed by atoms with E-state index in [9.17, 15) is 14.4 Å². The topological polar surface area (TPSA) is 128 Å². The molecule has 174 valence electrons. The van der Waals surface area contributed by atoms with Crippen LogP contribution in [0.4, 0.5) is 0 Å². The number of hydrogen-bond donors (Lipinski definition) is 1. The van der Waals surface area contributed by atoms with Crippen LogP contribution >= 0.6 is 0 Å². The van der Waals surface area contributed by atoms with Crippen LogP contribution in [0.5, 0.6) is 5.75 Å². The summed E-state index contributed by atoms with van der Waals surface area (Å²) in [5, 5.41) is 2.38. The Labute approximate surface area is 198 Å². The number of carbonyl (C=O) groups is 3. The Bertz CT molecular complexity index is 1520. The number of benzene rings is 1. The number of methoxy groups -OCH3 is 1. The summed E-state index contributed by atoms with van der Waals surface area (Å²) in [6.45, 7) is 0.303. The van der Waals surface area contributed by atoms with Crippen LogP contribution in [0.3, 0.4) is 0 Å². The Morgan fingerprint density at radius 3 is 2.69 bits per heavy atom. The molecule has 35 heavy (non-hydrogen) atoms. The van der Waals surface area contributed by atoms with E-state index < -0.39 is 17.2 Å². The molecule has 1 aromatic carbocycles. The molecule has 1 fully saturated rings. The molecule has 3 aromatic heterocycles. The number of hydrogen-bond acceptors (Lipinski definition) is 8. The monoisotopic (exact) mass is 469 g/mol. The third-order valence-electron chi connectivity index (χ3n) is 6.51. The molecule has 10 heteroatoms. The molecular formula is C25H19N5O5. The molecule has 2 aliphatic rings. The lowest BCUT2D eigenvalue weighted by Crippen LogP contribution is -2.46. The molecule has 2 aliphatic heterocycles. The van der Waals surface area contributed by atoms with E-state index in [1.807, 2.05) is 6.07 Å². The summed E-state index contributed by atoms with van der Waals surface area (Å²) < 4.78 is 11.3. The van der Waals surface area contributed by atoms with Crippen LogP contribution in [-0.4, -0.2) is 51.2 Å². The zero-order chi connectivity index (χ0) is 24.2. The average Bonchev–Trinajstić information content (AvgIpc) is 3.53. The van der Waals surface area contributed by atoms with Gasteiger partial charge in [0.05, 0.1) is 19.2 Å². The lowest BCUT2D eigenvalue weighted by atomic mass is 9.82. The fourth-order valence-electron chi connectivity index (χ4n) is 4.72. The standard InChI is InChI=1S/C25H19N5O5/c1-34-16-3-2-14-11-30(23(32)17(14)6-16)12-25(8-22(31)29-24(25)33)21-7-19-20(35-21)5-4-18(28-19)15-9-26-13-27-10-15/h2-7,9-10,13H,8,11-12H2,1H3,(H,29,31,33)/t25-/m1/s1. The molecule has 0 bridgehead atoms. The first-order valence-corrected chi connectivity index (χ1v) is 10.9. The molecule has 10 nitrogen and oxygen atoms in total. The highest BCUT2D eigenvalue weighted by molar-refractivity contribution is 6.10. The molecule has 0 aliphatic carbocycles. The second-order valence-corrected chi connectivity index (χ2v) is 8.64. The van der Waals surface area contributed by atoms with Gasteiger partial charge < -0.3 is 14.1 Å². The second-order valence-electron chi connectivity index (χ2n) is 8.64. The van der Waals surface area contributed by atoms with Crippen molar-refractivity contribution in [3.8, 4) is 17.0 Å². The minimum Gasteiger partial charge on any atom is -0.497 e. The van der Waals surface area contributed by atoms with Crippen LogP contribution < -0.4 is 10.1 Å². The number of nitrogens with zero attached hydrogens (tertiary/aromatic N) is 4. The van der Waals surface area contributed by atoms with Gasteiger partial charge in [-0.2, -0.15) is 0 Å². The lowest BCUT2D eigenvalue weighted by Gasteiger charge is -2.28. The van der Waals surface area contributed by atoms with E-state index in [1.165, 1.54) is 13.4 Å². The quantitative estimate of drug-likeness (QED) is 0.441. The maximum atomic E-state index is 13.2. The maximum Gasteiger partial charge on any atom is 0.254 e. The van der Waals surface area contributed by atoms with Crippen LogP contribution in [0.2, 0.25) is 0 Å². The van der Waals surface area contributed by atoms with Crippen molar-refractivity contribution in [2.75, 3.05) is 13.7 Å². The minimum absolute atomic E-state index is 0.0143. The van der Waals surface area contributed by atoms with Crippen molar-refractivity contribution < 1.29 is 23.5 Å². The molecule has 0 saturated carbocycles. The van der Waals surface area contributed by atoms with Gasteiger partial charge in [0.1, 0.15) is 28.8 Å². The van der Waals surface area contributed by atoms with Gasteiger partial charge in [0.25, 0.3) is 5.91 Å². The summed E-state index contributed by atoms with van der Waals surface area (Å²) in [6, 6.07) is 10.5. The molecule has 1 saturated heterocycles. The SMILES string of the molecule is COc1ccc2c(c1)C(=O)N(C[C@@]1(c3cc4nc(-c5cncnc5)ccc4o3)CC(=O)NC1=O)C2. The van der Waals surface area contributed by atoms with Gasteiger partial charge in [0.2, 0.25) is 11.8 Å². The molecule has 3 amide bonds. The van der Waals surface area contributed by atoms with Crippen LogP contribution in [0, 0.1) is 0 Å². The molecular weight excluding hydrogens is 450 g/mol. The number of nitrogens with one attached hydrogen (secondary N) is 1. The van der Waals surface area contributed by atoms with Crippen molar-refractivity contribution in [3.05, 3.63) is 72.0 Å². The van der Waals surface area contributed by atoms with E-state index in [2.05, 4.69) is 20.3 Å². The number of carbonyl (C=O) groups excluding carboxylic acids is 3. The summed E-state index contributed by atoms with van der Waals surface area (Å²) in [4.78, 5) is 52.9. The maximum absolute atomic E-state index is 13.2. The summed E-state index contributed by atoms with van der Waals surface area (Å²) in [5.41, 5.74) is 2.35. The first-order valence-electron chi connectivity index (χ1n) is 10.9. The lowest BCUT2D eigenvalue weighted by molar-refractivity contribution is -0.127. The van der Waals surface area contributed by atoms with Gasteiger partial charge in [0, 0.05) is 42.7 Å². The number of pyridine rings is 1. The Kier molecular flexibility index (Phi) is 4.63. The van der Waals surface area contributed by atoms with Gasteiger partial charge in [0.15, 0.2) is 5.58 Å². The van der Waals surface area contributed by atoms with Crippen molar-refractivity contribution >= 4 is 28.8 Å². The van der Waals surface area contributed by atoms with Gasteiger partial charge in [-0.15, -0.1) is 0 Å². The Balaban J connectivity index is 1.38. The molecule has 1 N–H and O–H groups in total. The second kappa shape index (κ2) is 7.73. The van der Waals surface area contributed by atoms with Crippen LogP contribution in [0.25, 0.3) is 22.4 Å². The van der Waals surface area contributed by atoms with Crippen molar-refractivity contribution in [1.29, 1.82) is 0 Å². The predicted molar refractivity (Wildman–Crippen MR) is 122 cm³/mol. The molecule has 0 radical (unpaired) electrons. The number of furan rings is 1. The van der Waals surface area contributed by atoms with Crippen molar-refractivity contribution in [1.82, 2.24) is 25.2 Å². The van der Waals surface area contributed by atoms with E-state index in [0.717, 1.165) is 11.1 Å². The summed E-state index contributed by atoms with van der Waals surface area (Å²) in [5.74, 6) is -0.293. The molecule has 0 spiro atoms. The Morgan fingerprint density at radius 1 is 1.11 bits per heavy atom. The molecule has 4 aromatic rings. The van der Waals surface area contributed by atoms with Gasteiger partial charge in [-0.25, -0.2) is 15.0 Å². The molecule has 6 rings (SSSR count). The zero-order valence-corrected chi connectivity index (χ0v) is 18.6. The van der Waals surface area contributed by atoms with Gasteiger partial charge in [-0.05, 0) is 29.8 Å². The summed E-state index contributed by atoms with van der Waals surface area (Å²) >= 11 is 0. The molecule has 1 atom stereocenters. The normalized spacial score (nSPS) is 19.3. The van der Waals surface area contributed by atoms with E-state index in [0.29, 0.717) is 34.7 Å². The smallest absolute Gasteiger partial charge is 0.254 e. The number of fused-ring (bicyclic) bond motifs is 2. The van der Waals surface area contributed by atoms with Crippen LogP contribution in [-0.2, 0) is 21.5 Å². The number of aromatic nitrogens is 3. The van der Waals surface area contributed by atoms with E-state index >= 15 is 0 Å². The first kappa shape index (κ1) is 21.0. The van der Waals surface area contributed by atoms with Crippen molar-refractivity contribution in [3.63, 3.8) is 0 Å². The summed E-state index contributed by atoms with van der Waals surface area (Å²) in [7, 11) is 1.54. The Hall–Kier alpha value is -4.60. The third kappa shape index (κ3) is 3.33. The fraction of sp³-hybridized carbons (Fsp3) is 0.200. The predicted octanol–water partition coefficient (Wildman–Crippen LogP) is 2.23. The Morgan fingerprint density at radius 2 is 1.94 bits per heavy atom. The largest absolute Gasteiger partial charge is 0.497 e. The van der Waals surface area contributed by atoms with Crippen LogP contribution in [0.15, 0.2) is 59.5 Å². The number of imide groups is 1. The molecule has 5 heterocycles. The highest BCUT2D eigenvalue weighted by atomic mass is 16.5. The fourth-order valence-corrected chi connectivity index (χ4v) is 4.72. The minimum atomic E-state index is -1.37. The first-order chi connectivity index (χ1) is 17.0. The van der Waals surface area contributed by atoms with Crippen molar-refractivity contribution in [2.45, 2.75) is 18.4 Å². The summed E-state index contributed by atoms with van der Waals surface area (Å²) in [6.07, 6.45) is 4.61. The van der Waals surface area contributed by atoms with E-state index in [4.69, 9.17) is 9.15 Å². The van der Waals surface area contributed by atoms with Crippen LogP contribution in [0.1, 0.15) is 28.1 Å². The van der Waals surface area contributed by atoms with Gasteiger partial charge in [-0.3, -0.25) is 19.7 Å². The third-order valence-corrected chi connectivity index (χ3v) is 6.51. The average molecular weight is 469 g/mol.